The van der Waals surface area contributed by atoms with Crippen molar-refractivity contribution in [1.29, 1.82) is 0 Å². The molecule has 1 aliphatic heterocycles. The molecule has 1 saturated carbocycles. The molecule has 2 aliphatic rings. The van der Waals surface area contributed by atoms with Gasteiger partial charge in [-0.1, -0.05) is 30.3 Å². The van der Waals surface area contributed by atoms with Crippen molar-refractivity contribution in [2.45, 2.75) is 32.3 Å². The fourth-order valence-electron chi connectivity index (χ4n) is 3.68. The Morgan fingerprint density at radius 3 is 2.67 bits per heavy atom. The number of benzene rings is 1. The Hall–Kier alpha value is -1.55. The number of alkyl carbamates (subject to hydrolysis) is 1. The van der Waals surface area contributed by atoms with Crippen molar-refractivity contribution in [1.82, 2.24) is 10.6 Å². The van der Waals surface area contributed by atoms with Crippen LogP contribution in [0.3, 0.4) is 0 Å². The zero-order chi connectivity index (χ0) is 14.5. The fourth-order valence-corrected chi connectivity index (χ4v) is 3.68. The van der Waals surface area contributed by atoms with Crippen molar-refractivity contribution in [2.24, 2.45) is 11.3 Å². The van der Waals surface area contributed by atoms with Gasteiger partial charge in [-0.05, 0) is 55.7 Å². The Balaban J connectivity index is 1.32. The van der Waals surface area contributed by atoms with Gasteiger partial charge in [0.25, 0.3) is 0 Å². The molecule has 2 fully saturated rings. The minimum atomic E-state index is -0.301. The first-order valence-corrected chi connectivity index (χ1v) is 7.91. The number of ether oxygens (including phenoxy) is 1. The van der Waals surface area contributed by atoms with Crippen molar-refractivity contribution in [2.75, 3.05) is 19.6 Å². The van der Waals surface area contributed by atoms with Crippen molar-refractivity contribution in [3.05, 3.63) is 35.9 Å². The number of rotatable bonds is 4. The fraction of sp³-hybridized carbons (Fsp3) is 0.588. The molecule has 1 saturated heterocycles. The quantitative estimate of drug-likeness (QED) is 0.895. The Morgan fingerprint density at radius 1 is 1.24 bits per heavy atom. The monoisotopic (exact) mass is 288 g/mol. The molecule has 4 nitrogen and oxygen atoms in total. The van der Waals surface area contributed by atoms with Crippen molar-refractivity contribution >= 4 is 6.09 Å². The van der Waals surface area contributed by atoms with Gasteiger partial charge in [-0.2, -0.15) is 0 Å². The van der Waals surface area contributed by atoms with Crippen LogP contribution >= 0.6 is 0 Å². The van der Waals surface area contributed by atoms with Gasteiger partial charge in [0.2, 0.25) is 0 Å². The summed E-state index contributed by atoms with van der Waals surface area (Å²) < 4.78 is 5.22. The van der Waals surface area contributed by atoms with Gasteiger partial charge in [0, 0.05) is 6.54 Å². The lowest BCUT2D eigenvalue weighted by Gasteiger charge is -2.50. The predicted molar refractivity (Wildman–Crippen MR) is 81.9 cm³/mol. The lowest BCUT2D eigenvalue weighted by atomic mass is 9.58. The van der Waals surface area contributed by atoms with Crippen LogP contribution in [0.2, 0.25) is 0 Å². The molecule has 1 aromatic carbocycles. The second kappa shape index (κ2) is 6.48. The highest BCUT2D eigenvalue weighted by atomic mass is 16.5. The van der Waals surface area contributed by atoms with Crippen LogP contribution in [0.1, 0.15) is 31.2 Å². The van der Waals surface area contributed by atoms with Gasteiger partial charge in [-0.3, -0.25) is 0 Å². The van der Waals surface area contributed by atoms with E-state index in [1.54, 1.807) is 0 Å². The average Bonchev–Trinajstić information content (AvgIpc) is 2.51. The second-order valence-electron chi connectivity index (χ2n) is 6.47. The summed E-state index contributed by atoms with van der Waals surface area (Å²) in [6.45, 7) is 3.40. The van der Waals surface area contributed by atoms with Crippen LogP contribution in [-0.2, 0) is 11.3 Å². The van der Waals surface area contributed by atoms with E-state index >= 15 is 0 Å². The maximum Gasteiger partial charge on any atom is 0.407 e. The first-order chi connectivity index (χ1) is 10.3. The maximum atomic E-state index is 11.7. The van der Waals surface area contributed by atoms with E-state index in [0.717, 1.165) is 25.2 Å². The third kappa shape index (κ3) is 3.76. The topological polar surface area (TPSA) is 50.4 Å². The lowest BCUT2D eigenvalue weighted by Crippen LogP contribution is -2.48. The van der Waals surface area contributed by atoms with E-state index in [4.69, 9.17) is 4.74 Å². The summed E-state index contributed by atoms with van der Waals surface area (Å²) in [5, 5.41) is 6.32. The van der Waals surface area contributed by atoms with Gasteiger partial charge in [0.15, 0.2) is 0 Å². The minimum absolute atomic E-state index is 0.301. The summed E-state index contributed by atoms with van der Waals surface area (Å²) >= 11 is 0. The highest BCUT2D eigenvalue weighted by Crippen LogP contribution is 2.51. The summed E-state index contributed by atoms with van der Waals surface area (Å²) in [5.74, 6) is 0.632. The molecule has 21 heavy (non-hydrogen) atoms. The van der Waals surface area contributed by atoms with Gasteiger partial charge in [-0.25, -0.2) is 4.79 Å². The summed E-state index contributed by atoms with van der Waals surface area (Å²) in [6, 6.07) is 9.77. The van der Waals surface area contributed by atoms with E-state index in [1.807, 2.05) is 30.3 Å². The number of hydrogen-bond acceptors (Lipinski definition) is 3. The first-order valence-electron chi connectivity index (χ1n) is 7.91. The van der Waals surface area contributed by atoms with E-state index in [0.29, 0.717) is 17.9 Å². The highest BCUT2D eigenvalue weighted by molar-refractivity contribution is 5.67. The summed E-state index contributed by atoms with van der Waals surface area (Å²) in [4.78, 5) is 11.7. The summed E-state index contributed by atoms with van der Waals surface area (Å²) in [7, 11) is 0. The molecule has 1 amide bonds. The Kier molecular flexibility index (Phi) is 4.44. The van der Waals surface area contributed by atoms with E-state index in [2.05, 4.69) is 10.6 Å². The molecule has 0 unspecified atom stereocenters. The number of piperidine rings is 1. The number of nitrogens with one attached hydrogen (secondary N) is 2. The van der Waals surface area contributed by atoms with E-state index in [1.165, 1.54) is 25.7 Å². The van der Waals surface area contributed by atoms with Gasteiger partial charge in [0.05, 0.1) is 0 Å². The van der Waals surface area contributed by atoms with Crippen molar-refractivity contribution in [3.63, 3.8) is 0 Å². The second-order valence-corrected chi connectivity index (χ2v) is 6.47. The molecule has 3 rings (SSSR count). The molecule has 0 atom stereocenters. The Morgan fingerprint density at radius 2 is 1.95 bits per heavy atom. The SMILES string of the molecule is O=C(NCC1CC2(CCNCC2)C1)OCc1ccccc1. The normalized spacial score (nSPS) is 20.8. The van der Waals surface area contributed by atoms with Crippen LogP contribution in [0.4, 0.5) is 4.79 Å². The molecule has 2 N–H and O–H groups in total. The summed E-state index contributed by atoms with van der Waals surface area (Å²) in [6.07, 6.45) is 4.80. The minimum Gasteiger partial charge on any atom is -0.445 e. The highest BCUT2D eigenvalue weighted by Gasteiger charge is 2.44. The van der Waals surface area contributed by atoms with Crippen LogP contribution in [0.15, 0.2) is 30.3 Å². The van der Waals surface area contributed by atoms with Crippen LogP contribution in [0.25, 0.3) is 0 Å². The molecule has 114 valence electrons. The van der Waals surface area contributed by atoms with E-state index in [-0.39, 0.29) is 6.09 Å². The van der Waals surface area contributed by atoms with E-state index in [9.17, 15) is 4.79 Å². The lowest BCUT2D eigenvalue weighted by molar-refractivity contribution is 0.0214. The number of carbonyl (C=O) groups excluding carboxylic acids is 1. The predicted octanol–water partition coefficient (Wildman–Crippen LogP) is 2.69. The van der Waals surface area contributed by atoms with Crippen molar-refractivity contribution < 1.29 is 9.53 Å². The molecular weight excluding hydrogens is 264 g/mol. The number of carbonyl (C=O) groups is 1. The van der Waals surface area contributed by atoms with Gasteiger partial charge in [0.1, 0.15) is 6.61 Å². The average molecular weight is 288 g/mol. The molecule has 1 aliphatic carbocycles. The maximum absolute atomic E-state index is 11.7. The third-order valence-electron chi connectivity index (χ3n) is 4.86. The Labute approximate surface area is 126 Å². The third-order valence-corrected chi connectivity index (χ3v) is 4.86. The van der Waals surface area contributed by atoms with Crippen LogP contribution in [-0.4, -0.2) is 25.7 Å². The standard InChI is InChI=1S/C17H24N2O2/c20-16(21-13-14-4-2-1-3-5-14)19-12-15-10-17(11-15)6-8-18-9-7-17/h1-5,15,18H,6-13H2,(H,19,20). The largest absolute Gasteiger partial charge is 0.445 e. The molecule has 0 radical (unpaired) electrons. The molecule has 1 aromatic rings. The Bertz CT molecular complexity index is 461. The summed E-state index contributed by atoms with van der Waals surface area (Å²) in [5.41, 5.74) is 1.59. The zero-order valence-electron chi connectivity index (χ0n) is 12.4. The first kappa shape index (κ1) is 14.4. The van der Waals surface area contributed by atoms with Gasteiger partial charge >= 0.3 is 6.09 Å². The van der Waals surface area contributed by atoms with Gasteiger partial charge < -0.3 is 15.4 Å². The smallest absolute Gasteiger partial charge is 0.407 e. The van der Waals surface area contributed by atoms with Crippen molar-refractivity contribution in [3.8, 4) is 0 Å². The zero-order valence-corrected chi connectivity index (χ0v) is 12.4. The molecular formula is C17H24N2O2. The van der Waals surface area contributed by atoms with Crippen LogP contribution in [0.5, 0.6) is 0 Å². The van der Waals surface area contributed by atoms with Gasteiger partial charge in [-0.15, -0.1) is 0 Å². The molecule has 1 heterocycles. The van der Waals surface area contributed by atoms with Crippen LogP contribution < -0.4 is 10.6 Å². The molecule has 1 spiro atoms. The molecule has 0 bridgehead atoms. The van der Waals surface area contributed by atoms with Crippen LogP contribution in [0, 0.1) is 11.3 Å². The molecule has 0 aromatic heterocycles. The number of hydrogen-bond donors (Lipinski definition) is 2. The number of amides is 1. The molecule has 4 heteroatoms. The van der Waals surface area contributed by atoms with E-state index < -0.39 is 0 Å².